The van der Waals surface area contributed by atoms with Gasteiger partial charge in [0.2, 0.25) is 0 Å². The largest absolute Gasteiger partial charge is 0.319 e. The molecule has 0 spiro atoms. The van der Waals surface area contributed by atoms with Gasteiger partial charge in [-0.25, -0.2) is 5.10 Å². The fourth-order valence-corrected chi connectivity index (χ4v) is 2.11. The number of benzene rings is 1. The summed E-state index contributed by atoms with van der Waals surface area (Å²) in [7, 11) is 0. The van der Waals surface area contributed by atoms with Gasteiger partial charge >= 0.3 is 0 Å². The number of nitrogens with one attached hydrogen (secondary N) is 2. The van der Waals surface area contributed by atoms with Crippen molar-refractivity contribution in [2.75, 3.05) is 5.32 Å². The summed E-state index contributed by atoms with van der Waals surface area (Å²) in [6.45, 7) is 0. The average Bonchev–Trinajstić information content (AvgIpc) is 2.89. The zero-order chi connectivity index (χ0) is 13.2. The van der Waals surface area contributed by atoms with E-state index in [1.807, 2.05) is 6.07 Å². The Bertz CT molecular complexity index is 789. The molecule has 1 aromatic carbocycles. The highest BCUT2D eigenvalue weighted by Crippen LogP contribution is 2.21. The minimum atomic E-state index is -0.420. The molecule has 8 heteroatoms. The van der Waals surface area contributed by atoms with Crippen molar-refractivity contribution in [2.45, 2.75) is 0 Å². The second kappa shape index (κ2) is 4.58. The fourth-order valence-electron chi connectivity index (χ4n) is 1.56. The molecule has 0 atom stereocenters. The van der Waals surface area contributed by atoms with Gasteiger partial charge in [-0.15, -0.1) is 0 Å². The zero-order valence-electron chi connectivity index (χ0n) is 9.45. The first-order chi connectivity index (χ1) is 9.24. The second-order valence-corrected chi connectivity index (χ2v) is 4.23. The normalized spacial score (nSPS) is 10.5. The standard InChI is InChI=1S/C11H7N5O2S/c17-9-5-4-8(13-14-9)11(18)12-6-2-1-3-7-10(6)16-19-15-7/h1-5H,(H,12,18)(H,14,17). The van der Waals surface area contributed by atoms with Crippen LogP contribution >= 0.6 is 11.7 Å². The van der Waals surface area contributed by atoms with E-state index in [1.165, 1.54) is 12.1 Å². The van der Waals surface area contributed by atoms with Crippen LogP contribution in [-0.4, -0.2) is 24.9 Å². The Labute approximate surface area is 110 Å². The second-order valence-electron chi connectivity index (χ2n) is 3.70. The third kappa shape index (κ3) is 2.20. The fraction of sp³-hybridized carbons (Fsp3) is 0. The summed E-state index contributed by atoms with van der Waals surface area (Å²) in [4.78, 5) is 22.8. The Morgan fingerprint density at radius 3 is 2.89 bits per heavy atom. The predicted molar refractivity (Wildman–Crippen MR) is 70.2 cm³/mol. The molecular weight excluding hydrogens is 266 g/mol. The molecule has 19 heavy (non-hydrogen) atoms. The molecule has 0 fully saturated rings. The molecule has 0 saturated heterocycles. The maximum Gasteiger partial charge on any atom is 0.276 e. The van der Waals surface area contributed by atoms with Crippen LogP contribution < -0.4 is 10.9 Å². The van der Waals surface area contributed by atoms with Crippen LogP contribution in [0.3, 0.4) is 0 Å². The molecule has 0 aliphatic carbocycles. The van der Waals surface area contributed by atoms with Gasteiger partial charge in [0.1, 0.15) is 16.7 Å². The van der Waals surface area contributed by atoms with Crippen LogP contribution in [0.15, 0.2) is 35.1 Å². The molecule has 3 rings (SSSR count). The lowest BCUT2D eigenvalue weighted by Crippen LogP contribution is -2.17. The zero-order valence-corrected chi connectivity index (χ0v) is 10.3. The maximum absolute atomic E-state index is 12.0. The highest BCUT2D eigenvalue weighted by molar-refractivity contribution is 7.00. The van der Waals surface area contributed by atoms with Gasteiger partial charge in [0.25, 0.3) is 11.5 Å². The minimum absolute atomic E-state index is 0.125. The first-order valence-electron chi connectivity index (χ1n) is 5.32. The van der Waals surface area contributed by atoms with E-state index in [0.717, 1.165) is 17.2 Å². The summed E-state index contributed by atoms with van der Waals surface area (Å²) < 4.78 is 8.20. The molecular formula is C11H7N5O2S. The van der Waals surface area contributed by atoms with Crippen LogP contribution in [0.2, 0.25) is 0 Å². The van der Waals surface area contributed by atoms with Crippen LogP contribution in [0.25, 0.3) is 11.0 Å². The van der Waals surface area contributed by atoms with Crippen molar-refractivity contribution in [3.05, 3.63) is 46.4 Å². The Morgan fingerprint density at radius 1 is 1.21 bits per heavy atom. The third-order valence-electron chi connectivity index (χ3n) is 2.45. The number of amides is 1. The molecule has 0 saturated carbocycles. The number of carbonyl (C=O) groups is 1. The van der Waals surface area contributed by atoms with Crippen molar-refractivity contribution in [3.8, 4) is 0 Å². The van der Waals surface area contributed by atoms with Gasteiger partial charge in [-0.3, -0.25) is 9.59 Å². The number of aromatic amines is 1. The lowest BCUT2D eigenvalue weighted by atomic mass is 10.2. The number of nitrogens with zero attached hydrogens (tertiary/aromatic N) is 3. The number of aromatic nitrogens is 4. The predicted octanol–water partition coefficient (Wildman–Crippen LogP) is 1.03. The van der Waals surface area contributed by atoms with Gasteiger partial charge in [0.15, 0.2) is 0 Å². The molecule has 7 nitrogen and oxygen atoms in total. The molecule has 94 valence electrons. The number of anilines is 1. The van der Waals surface area contributed by atoms with E-state index in [0.29, 0.717) is 11.2 Å². The van der Waals surface area contributed by atoms with E-state index in [4.69, 9.17) is 0 Å². The maximum atomic E-state index is 12.0. The number of hydrogen-bond acceptors (Lipinski definition) is 6. The molecule has 2 aromatic heterocycles. The molecule has 1 amide bonds. The van der Waals surface area contributed by atoms with Gasteiger partial charge in [-0.1, -0.05) is 6.07 Å². The van der Waals surface area contributed by atoms with Gasteiger partial charge in [0, 0.05) is 6.07 Å². The molecule has 3 aromatic rings. The first kappa shape index (κ1) is 11.5. The molecule has 0 aliphatic rings. The summed E-state index contributed by atoms with van der Waals surface area (Å²) in [5, 5.41) is 8.55. The first-order valence-corrected chi connectivity index (χ1v) is 6.05. The Morgan fingerprint density at radius 2 is 2.11 bits per heavy atom. The van der Waals surface area contributed by atoms with Crippen molar-refractivity contribution in [2.24, 2.45) is 0 Å². The number of carbonyl (C=O) groups excluding carboxylic acids is 1. The number of rotatable bonds is 2. The van der Waals surface area contributed by atoms with E-state index >= 15 is 0 Å². The smallest absolute Gasteiger partial charge is 0.276 e. The van der Waals surface area contributed by atoms with Gasteiger partial charge in [0.05, 0.1) is 17.4 Å². The average molecular weight is 273 g/mol. The molecule has 2 heterocycles. The third-order valence-corrected chi connectivity index (χ3v) is 2.99. The van der Waals surface area contributed by atoms with Crippen molar-refractivity contribution in [1.82, 2.24) is 18.9 Å². The van der Waals surface area contributed by atoms with Crippen molar-refractivity contribution >= 4 is 34.4 Å². The monoisotopic (exact) mass is 273 g/mol. The number of fused-ring (bicyclic) bond motifs is 1. The summed E-state index contributed by atoms with van der Waals surface area (Å²) in [5.41, 5.74) is 1.67. The number of H-pyrrole nitrogens is 1. The summed E-state index contributed by atoms with van der Waals surface area (Å²) in [5.74, 6) is -0.420. The van der Waals surface area contributed by atoms with E-state index in [9.17, 15) is 9.59 Å². The Hall–Kier alpha value is -2.61. The SMILES string of the molecule is O=C(Nc1cccc2nsnc12)c1ccc(=O)[nH]n1. The highest BCUT2D eigenvalue weighted by atomic mass is 32.1. The number of hydrogen-bond donors (Lipinski definition) is 2. The van der Waals surface area contributed by atoms with Gasteiger partial charge in [-0.05, 0) is 18.2 Å². The topological polar surface area (TPSA) is 101 Å². The van der Waals surface area contributed by atoms with Gasteiger partial charge < -0.3 is 5.32 Å². The summed E-state index contributed by atoms with van der Waals surface area (Å²) in [6, 6.07) is 7.92. The van der Waals surface area contributed by atoms with E-state index in [2.05, 4.69) is 24.3 Å². The highest BCUT2D eigenvalue weighted by Gasteiger charge is 2.11. The minimum Gasteiger partial charge on any atom is -0.319 e. The quantitative estimate of drug-likeness (QED) is 0.726. The van der Waals surface area contributed by atoms with E-state index in [1.54, 1.807) is 12.1 Å². The molecule has 0 aliphatic heterocycles. The van der Waals surface area contributed by atoms with Crippen molar-refractivity contribution in [1.29, 1.82) is 0 Å². The molecule has 0 bridgehead atoms. The molecule has 2 N–H and O–H groups in total. The Kier molecular flexibility index (Phi) is 2.76. The van der Waals surface area contributed by atoms with E-state index in [-0.39, 0.29) is 11.3 Å². The summed E-state index contributed by atoms with van der Waals surface area (Å²) in [6.07, 6.45) is 0. The van der Waals surface area contributed by atoms with Gasteiger partial charge in [-0.2, -0.15) is 13.8 Å². The van der Waals surface area contributed by atoms with Crippen LogP contribution in [0.5, 0.6) is 0 Å². The van der Waals surface area contributed by atoms with Crippen LogP contribution in [0.1, 0.15) is 10.5 Å². The van der Waals surface area contributed by atoms with Crippen LogP contribution in [-0.2, 0) is 0 Å². The lowest BCUT2D eigenvalue weighted by molar-refractivity contribution is 0.102. The lowest BCUT2D eigenvalue weighted by Gasteiger charge is -2.04. The van der Waals surface area contributed by atoms with Crippen molar-refractivity contribution in [3.63, 3.8) is 0 Å². The summed E-state index contributed by atoms with van der Waals surface area (Å²) >= 11 is 1.08. The van der Waals surface area contributed by atoms with Crippen molar-refractivity contribution < 1.29 is 4.79 Å². The van der Waals surface area contributed by atoms with E-state index < -0.39 is 5.91 Å². The van der Waals surface area contributed by atoms with Crippen LogP contribution in [0.4, 0.5) is 5.69 Å². The Balaban J connectivity index is 1.92. The molecule has 0 unspecified atom stereocenters. The van der Waals surface area contributed by atoms with Crippen LogP contribution in [0, 0.1) is 0 Å². The molecule has 0 radical (unpaired) electrons.